The van der Waals surface area contributed by atoms with Crippen molar-refractivity contribution < 1.29 is 17.6 Å². The summed E-state index contributed by atoms with van der Waals surface area (Å²) in [5.41, 5.74) is 0.118. The monoisotopic (exact) mass is 213 g/mol. The summed E-state index contributed by atoms with van der Waals surface area (Å²) in [4.78, 5) is 3.77. The Morgan fingerprint density at radius 3 is 2.20 bits per heavy atom. The number of rotatable bonds is 1. The standard InChI is InChI=1S/C10H6F3NO/c1-5-14-4-9(15-5)6-2-7(11)10(13)8(12)3-6/h2-4H,1H3. The highest BCUT2D eigenvalue weighted by molar-refractivity contribution is 5.56. The third kappa shape index (κ3) is 1.72. The molecule has 0 atom stereocenters. The first-order valence-electron chi connectivity index (χ1n) is 4.15. The summed E-state index contributed by atoms with van der Waals surface area (Å²) in [6.07, 6.45) is 1.32. The summed E-state index contributed by atoms with van der Waals surface area (Å²) in [6.45, 7) is 1.60. The quantitative estimate of drug-likeness (QED) is 0.680. The predicted octanol–water partition coefficient (Wildman–Crippen LogP) is 3.07. The molecule has 1 heterocycles. The van der Waals surface area contributed by atoms with Gasteiger partial charge in [0.1, 0.15) is 0 Å². The molecule has 0 bridgehead atoms. The van der Waals surface area contributed by atoms with Gasteiger partial charge >= 0.3 is 0 Å². The summed E-state index contributed by atoms with van der Waals surface area (Å²) in [6, 6.07) is 1.72. The number of aryl methyl sites for hydroxylation is 1. The molecule has 78 valence electrons. The molecule has 0 aliphatic heterocycles. The highest BCUT2D eigenvalue weighted by atomic mass is 19.2. The van der Waals surface area contributed by atoms with E-state index in [9.17, 15) is 13.2 Å². The second kappa shape index (κ2) is 3.42. The Morgan fingerprint density at radius 2 is 1.73 bits per heavy atom. The van der Waals surface area contributed by atoms with Gasteiger partial charge in [0.15, 0.2) is 29.1 Å². The van der Waals surface area contributed by atoms with Crippen molar-refractivity contribution in [2.45, 2.75) is 6.92 Å². The first kappa shape index (κ1) is 9.76. The highest BCUT2D eigenvalue weighted by Gasteiger charge is 2.13. The molecular weight excluding hydrogens is 207 g/mol. The number of halogens is 3. The van der Waals surface area contributed by atoms with Gasteiger partial charge in [0.05, 0.1) is 6.20 Å². The largest absolute Gasteiger partial charge is 0.441 e. The number of benzene rings is 1. The summed E-state index contributed by atoms with van der Waals surface area (Å²) in [5.74, 6) is -3.42. The van der Waals surface area contributed by atoms with E-state index in [4.69, 9.17) is 4.42 Å². The summed E-state index contributed by atoms with van der Waals surface area (Å²) in [5, 5.41) is 0. The zero-order valence-electron chi connectivity index (χ0n) is 7.72. The van der Waals surface area contributed by atoms with Crippen LogP contribution in [0.4, 0.5) is 13.2 Å². The van der Waals surface area contributed by atoms with Crippen molar-refractivity contribution in [2.75, 3.05) is 0 Å². The minimum Gasteiger partial charge on any atom is -0.441 e. The predicted molar refractivity (Wildman–Crippen MR) is 46.6 cm³/mol. The lowest BCUT2D eigenvalue weighted by molar-refractivity contribution is 0.446. The molecule has 0 unspecified atom stereocenters. The fourth-order valence-corrected chi connectivity index (χ4v) is 1.19. The van der Waals surface area contributed by atoms with Crippen LogP contribution in [0.2, 0.25) is 0 Å². The number of hydrogen-bond acceptors (Lipinski definition) is 2. The average molecular weight is 213 g/mol. The Morgan fingerprint density at radius 1 is 1.13 bits per heavy atom. The minimum absolute atomic E-state index is 0.118. The Kier molecular flexibility index (Phi) is 2.22. The molecule has 0 aliphatic carbocycles. The molecule has 0 saturated heterocycles. The van der Waals surface area contributed by atoms with Crippen LogP contribution in [0.15, 0.2) is 22.7 Å². The van der Waals surface area contributed by atoms with Crippen molar-refractivity contribution in [2.24, 2.45) is 0 Å². The van der Waals surface area contributed by atoms with E-state index in [-0.39, 0.29) is 11.3 Å². The molecule has 0 radical (unpaired) electrons. The van der Waals surface area contributed by atoms with Crippen molar-refractivity contribution in [3.63, 3.8) is 0 Å². The van der Waals surface area contributed by atoms with E-state index in [0.717, 1.165) is 12.1 Å². The molecule has 2 aromatic rings. The van der Waals surface area contributed by atoms with E-state index in [1.807, 2.05) is 0 Å². The van der Waals surface area contributed by atoms with Crippen LogP contribution in [-0.2, 0) is 0 Å². The van der Waals surface area contributed by atoms with Crippen molar-refractivity contribution in [1.29, 1.82) is 0 Å². The molecule has 2 rings (SSSR count). The molecule has 1 aromatic carbocycles. The molecule has 0 saturated carbocycles. The van der Waals surface area contributed by atoms with E-state index in [2.05, 4.69) is 4.98 Å². The lowest BCUT2D eigenvalue weighted by Gasteiger charge is -1.99. The minimum atomic E-state index is -1.49. The Balaban J connectivity index is 2.55. The van der Waals surface area contributed by atoms with E-state index in [1.54, 1.807) is 6.92 Å². The first-order valence-corrected chi connectivity index (χ1v) is 4.15. The molecule has 0 aliphatic rings. The van der Waals surface area contributed by atoms with Crippen LogP contribution in [0.25, 0.3) is 11.3 Å². The summed E-state index contributed by atoms with van der Waals surface area (Å²) < 4.78 is 43.4. The van der Waals surface area contributed by atoms with Crippen LogP contribution in [0.1, 0.15) is 5.89 Å². The smallest absolute Gasteiger partial charge is 0.194 e. The van der Waals surface area contributed by atoms with Crippen molar-refractivity contribution >= 4 is 0 Å². The zero-order chi connectivity index (χ0) is 11.0. The molecule has 1 aromatic heterocycles. The van der Waals surface area contributed by atoms with Gasteiger partial charge in [-0.2, -0.15) is 0 Å². The number of aromatic nitrogens is 1. The molecule has 0 N–H and O–H groups in total. The van der Waals surface area contributed by atoms with E-state index in [1.165, 1.54) is 6.20 Å². The lowest BCUT2D eigenvalue weighted by Crippen LogP contribution is -1.91. The first-order chi connectivity index (χ1) is 7.08. The van der Waals surface area contributed by atoms with E-state index in [0.29, 0.717) is 5.89 Å². The SMILES string of the molecule is Cc1ncc(-c2cc(F)c(F)c(F)c2)o1. The second-order valence-electron chi connectivity index (χ2n) is 3.00. The molecule has 2 nitrogen and oxygen atoms in total. The van der Waals surface area contributed by atoms with Gasteiger partial charge in [0.2, 0.25) is 0 Å². The van der Waals surface area contributed by atoms with Gasteiger partial charge in [-0.15, -0.1) is 0 Å². The van der Waals surface area contributed by atoms with Crippen LogP contribution < -0.4 is 0 Å². The molecule has 15 heavy (non-hydrogen) atoms. The molecule has 0 fully saturated rings. The van der Waals surface area contributed by atoms with Crippen LogP contribution in [-0.4, -0.2) is 4.98 Å². The molecule has 5 heteroatoms. The fraction of sp³-hybridized carbons (Fsp3) is 0.100. The van der Waals surface area contributed by atoms with Gasteiger partial charge in [-0.25, -0.2) is 18.2 Å². The van der Waals surface area contributed by atoms with Gasteiger partial charge in [0.25, 0.3) is 0 Å². The van der Waals surface area contributed by atoms with Crippen LogP contribution in [0.5, 0.6) is 0 Å². The third-order valence-corrected chi connectivity index (χ3v) is 1.89. The van der Waals surface area contributed by atoms with Crippen LogP contribution in [0, 0.1) is 24.4 Å². The normalized spacial score (nSPS) is 10.7. The van der Waals surface area contributed by atoms with Crippen molar-refractivity contribution in [3.05, 3.63) is 41.7 Å². The number of hydrogen-bond donors (Lipinski definition) is 0. The van der Waals surface area contributed by atoms with Crippen LogP contribution >= 0.6 is 0 Å². The van der Waals surface area contributed by atoms with Crippen LogP contribution in [0.3, 0.4) is 0 Å². The third-order valence-electron chi connectivity index (χ3n) is 1.89. The summed E-state index contributed by atoms with van der Waals surface area (Å²) in [7, 11) is 0. The Labute approximate surface area is 83.4 Å². The maximum Gasteiger partial charge on any atom is 0.194 e. The van der Waals surface area contributed by atoms with Gasteiger partial charge < -0.3 is 4.42 Å². The Hall–Kier alpha value is -1.78. The Bertz CT molecular complexity index is 484. The zero-order valence-corrected chi connectivity index (χ0v) is 7.72. The molecule has 0 spiro atoms. The average Bonchev–Trinajstić information content (AvgIpc) is 2.60. The van der Waals surface area contributed by atoms with Gasteiger partial charge in [-0.3, -0.25) is 0 Å². The second-order valence-corrected chi connectivity index (χ2v) is 3.00. The van der Waals surface area contributed by atoms with Gasteiger partial charge in [-0.05, 0) is 12.1 Å². The van der Waals surface area contributed by atoms with E-state index >= 15 is 0 Å². The lowest BCUT2D eigenvalue weighted by atomic mass is 10.1. The van der Waals surface area contributed by atoms with Gasteiger partial charge in [0, 0.05) is 12.5 Å². The van der Waals surface area contributed by atoms with Gasteiger partial charge in [-0.1, -0.05) is 0 Å². The number of nitrogens with zero attached hydrogens (tertiary/aromatic N) is 1. The maximum absolute atomic E-state index is 12.9. The topological polar surface area (TPSA) is 26.0 Å². The number of oxazole rings is 1. The van der Waals surface area contributed by atoms with E-state index < -0.39 is 17.5 Å². The van der Waals surface area contributed by atoms with Crippen molar-refractivity contribution in [1.82, 2.24) is 4.98 Å². The molecule has 0 amide bonds. The van der Waals surface area contributed by atoms with Crippen molar-refractivity contribution in [3.8, 4) is 11.3 Å². The summed E-state index contributed by atoms with van der Waals surface area (Å²) >= 11 is 0. The highest BCUT2D eigenvalue weighted by Crippen LogP contribution is 2.24. The fourth-order valence-electron chi connectivity index (χ4n) is 1.19. The maximum atomic E-state index is 12.9. The molecular formula is C10H6F3NO.